The first-order chi connectivity index (χ1) is 15.8. The van der Waals surface area contributed by atoms with Gasteiger partial charge in [0.1, 0.15) is 11.9 Å². The van der Waals surface area contributed by atoms with E-state index in [0.717, 1.165) is 64.8 Å². The zero-order valence-corrected chi connectivity index (χ0v) is 18.9. The Kier molecular flexibility index (Phi) is 7.17. The van der Waals surface area contributed by atoms with Crippen LogP contribution in [0.2, 0.25) is 0 Å². The number of amides is 2. The number of carboxylic acid groups (broad SMARTS) is 1. The second-order valence-corrected chi connectivity index (χ2v) is 9.79. The molecule has 1 spiro atoms. The van der Waals surface area contributed by atoms with Crippen LogP contribution in [0.5, 0.6) is 0 Å². The first-order valence-corrected chi connectivity index (χ1v) is 11.9. The minimum absolute atomic E-state index is 0.269. The van der Waals surface area contributed by atoms with Crippen LogP contribution >= 0.6 is 0 Å². The predicted molar refractivity (Wildman–Crippen MR) is 123 cm³/mol. The van der Waals surface area contributed by atoms with Crippen molar-refractivity contribution in [3.8, 4) is 0 Å². The van der Waals surface area contributed by atoms with Gasteiger partial charge in [-0.3, -0.25) is 19.7 Å². The molecule has 0 bridgehead atoms. The lowest BCUT2D eigenvalue weighted by atomic mass is 9.72. The Labute approximate surface area is 193 Å². The van der Waals surface area contributed by atoms with E-state index in [1.807, 2.05) is 0 Å². The molecule has 33 heavy (non-hydrogen) atoms. The maximum atomic E-state index is 14.7. The number of halogens is 1. The molecule has 3 aliphatic rings. The van der Waals surface area contributed by atoms with Gasteiger partial charge in [0.15, 0.2) is 0 Å². The number of carbonyl (C=O) groups excluding carboxylic acids is 2. The molecule has 0 radical (unpaired) electrons. The molecule has 3 heterocycles. The average molecular weight is 461 g/mol. The van der Waals surface area contributed by atoms with Crippen molar-refractivity contribution < 1.29 is 23.9 Å². The number of hydrogen-bond donors (Lipinski definition) is 3. The van der Waals surface area contributed by atoms with Gasteiger partial charge in [-0.15, -0.1) is 0 Å². The number of unbranched alkanes of at least 4 members (excludes halogenated alkanes) is 4. The zero-order chi connectivity index (χ0) is 23.4. The molecule has 0 saturated carbocycles. The molecule has 9 heteroatoms. The summed E-state index contributed by atoms with van der Waals surface area (Å²) < 4.78 is 14.7. The third-order valence-corrected chi connectivity index (χ3v) is 6.90. The normalized spacial score (nSPS) is 22.0. The Bertz CT molecular complexity index is 894. The van der Waals surface area contributed by atoms with Crippen molar-refractivity contribution in [3.63, 3.8) is 0 Å². The lowest BCUT2D eigenvalue weighted by molar-refractivity contribution is -0.137. The SMILES string of the molecule is O=C(O)CCCCCCCN1CC2(C1)CN(c1ccc(NC3CCC(=O)NC3=O)cc1F)C2. The van der Waals surface area contributed by atoms with Crippen LogP contribution in [0.3, 0.4) is 0 Å². The van der Waals surface area contributed by atoms with E-state index in [2.05, 4.69) is 20.4 Å². The topological polar surface area (TPSA) is 102 Å². The van der Waals surface area contributed by atoms with E-state index in [4.69, 9.17) is 5.11 Å². The van der Waals surface area contributed by atoms with Crippen LogP contribution in [0.1, 0.15) is 51.4 Å². The van der Waals surface area contributed by atoms with Crippen LogP contribution in [0.15, 0.2) is 18.2 Å². The van der Waals surface area contributed by atoms with Crippen LogP contribution in [0.4, 0.5) is 15.8 Å². The molecule has 180 valence electrons. The molecular weight excluding hydrogens is 427 g/mol. The van der Waals surface area contributed by atoms with E-state index >= 15 is 0 Å². The molecule has 2 amide bonds. The van der Waals surface area contributed by atoms with Crippen molar-refractivity contribution in [1.82, 2.24) is 10.2 Å². The zero-order valence-electron chi connectivity index (χ0n) is 18.9. The molecule has 1 aromatic carbocycles. The van der Waals surface area contributed by atoms with Gasteiger partial charge >= 0.3 is 5.97 Å². The van der Waals surface area contributed by atoms with Gasteiger partial charge < -0.3 is 20.2 Å². The number of carboxylic acids is 1. The molecule has 0 aromatic heterocycles. The van der Waals surface area contributed by atoms with E-state index < -0.39 is 12.0 Å². The molecular formula is C24H33FN4O4. The highest BCUT2D eigenvalue weighted by Gasteiger charge is 2.51. The van der Waals surface area contributed by atoms with Gasteiger partial charge in [0, 0.05) is 50.1 Å². The highest BCUT2D eigenvalue weighted by atomic mass is 19.1. The minimum atomic E-state index is -0.713. The summed E-state index contributed by atoms with van der Waals surface area (Å²) in [7, 11) is 0. The van der Waals surface area contributed by atoms with Crippen LogP contribution in [0.25, 0.3) is 0 Å². The Balaban J connectivity index is 1.15. The molecule has 3 aliphatic heterocycles. The number of piperidine rings is 1. The second kappa shape index (κ2) is 10.1. The Morgan fingerprint density at radius 1 is 1.12 bits per heavy atom. The van der Waals surface area contributed by atoms with E-state index in [1.54, 1.807) is 12.1 Å². The van der Waals surface area contributed by atoms with Crippen LogP contribution in [-0.4, -0.2) is 66.6 Å². The van der Waals surface area contributed by atoms with Crippen molar-refractivity contribution in [2.24, 2.45) is 5.41 Å². The van der Waals surface area contributed by atoms with Gasteiger partial charge in [0.2, 0.25) is 11.8 Å². The maximum absolute atomic E-state index is 14.7. The molecule has 0 aliphatic carbocycles. The standard InChI is InChI=1S/C24H33FN4O4/c25-18-12-17(26-19-8-10-21(30)27-23(19)33)7-9-20(18)29-15-24(16-29)13-28(14-24)11-5-3-1-2-4-6-22(31)32/h7,9,12,19,26H,1-6,8,10-11,13-16H2,(H,31,32)(H,27,30,33). The van der Waals surface area contributed by atoms with Gasteiger partial charge in [-0.05, 0) is 44.0 Å². The quantitative estimate of drug-likeness (QED) is 0.345. The fourth-order valence-electron chi connectivity index (χ4n) is 5.22. The summed E-state index contributed by atoms with van der Waals surface area (Å²) in [5.74, 6) is -1.65. The summed E-state index contributed by atoms with van der Waals surface area (Å²) >= 11 is 0. The molecule has 1 unspecified atom stereocenters. The third kappa shape index (κ3) is 5.82. The number of carbonyl (C=O) groups is 3. The molecule has 4 rings (SSSR count). The van der Waals surface area contributed by atoms with Crippen molar-refractivity contribution in [2.75, 3.05) is 42.9 Å². The van der Waals surface area contributed by atoms with Gasteiger partial charge in [0.05, 0.1) is 5.69 Å². The predicted octanol–water partition coefficient (Wildman–Crippen LogP) is 2.59. The lowest BCUT2D eigenvalue weighted by Crippen LogP contribution is -2.72. The molecule has 8 nitrogen and oxygen atoms in total. The highest BCUT2D eigenvalue weighted by molar-refractivity contribution is 6.01. The van der Waals surface area contributed by atoms with Gasteiger partial charge in [-0.25, -0.2) is 4.39 Å². The summed E-state index contributed by atoms with van der Waals surface area (Å²) in [5, 5.41) is 14.0. The molecule has 3 fully saturated rings. The highest BCUT2D eigenvalue weighted by Crippen LogP contribution is 2.42. The average Bonchev–Trinajstić information content (AvgIpc) is 2.70. The number of aliphatic carboxylic acids is 1. The number of likely N-dealkylation sites (tertiary alicyclic amines) is 1. The Morgan fingerprint density at radius 2 is 1.85 bits per heavy atom. The summed E-state index contributed by atoms with van der Waals surface area (Å²) in [6.45, 7) is 4.90. The summed E-state index contributed by atoms with van der Waals surface area (Å²) in [6, 6.07) is 4.45. The van der Waals surface area contributed by atoms with Crippen molar-refractivity contribution in [1.29, 1.82) is 0 Å². The number of imide groups is 1. The van der Waals surface area contributed by atoms with E-state index in [0.29, 0.717) is 17.8 Å². The lowest BCUT2D eigenvalue weighted by Gasteiger charge is -2.61. The molecule has 1 atom stereocenters. The van der Waals surface area contributed by atoms with Crippen LogP contribution in [0, 0.1) is 11.2 Å². The van der Waals surface area contributed by atoms with Crippen molar-refractivity contribution >= 4 is 29.2 Å². The number of nitrogens with one attached hydrogen (secondary N) is 2. The first-order valence-electron chi connectivity index (χ1n) is 11.9. The Morgan fingerprint density at radius 3 is 2.55 bits per heavy atom. The monoisotopic (exact) mass is 460 g/mol. The third-order valence-electron chi connectivity index (χ3n) is 6.90. The van der Waals surface area contributed by atoms with Crippen LogP contribution in [-0.2, 0) is 14.4 Å². The first kappa shape index (κ1) is 23.5. The number of benzene rings is 1. The molecule has 1 aromatic rings. The van der Waals surface area contributed by atoms with Gasteiger partial charge in [-0.1, -0.05) is 19.3 Å². The van der Waals surface area contributed by atoms with Crippen molar-refractivity contribution in [2.45, 2.75) is 57.4 Å². The number of nitrogens with zero attached hydrogens (tertiary/aromatic N) is 2. The van der Waals surface area contributed by atoms with Gasteiger partial charge in [-0.2, -0.15) is 0 Å². The maximum Gasteiger partial charge on any atom is 0.303 e. The summed E-state index contributed by atoms with van der Waals surface area (Å²) in [6.07, 6.45) is 6.08. The van der Waals surface area contributed by atoms with Crippen LogP contribution < -0.4 is 15.5 Å². The molecule has 3 saturated heterocycles. The minimum Gasteiger partial charge on any atom is -0.481 e. The fraction of sp³-hybridized carbons (Fsp3) is 0.625. The van der Waals surface area contributed by atoms with Gasteiger partial charge in [0.25, 0.3) is 0 Å². The summed E-state index contributed by atoms with van der Waals surface area (Å²) in [4.78, 5) is 38.2. The molecule has 3 N–H and O–H groups in total. The van der Waals surface area contributed by atoms with E-state index in [-0.39, 0.29) is 35.9 Å². The number of hydrogen-bond acceptors (Lipinski definition) is 6. The van der Waals surface area contributed by atoms with Crippen molar-refractivity contribution in [3.05, 3.63) is 24.0 Å². The summed E-state index contributed by atoms with van der Waals surface area (Å²) in [5.41, 5.74) is 1.41. The fourth-order valence-corrected chi connectivity index (χ4v) is 5.22. The van der Waals surface area contributed by atoms with E-state index in [1.165, 1.54) is 6.07 Å². The second-order valence-electron chi connectivity index (χ2n) is 9.79. The van der Waals surface area contributed by atoms with E-state index in [9.17, 15) is 18.8 Å². The smallest absolute Gasteiger partial charge is 0.303 e. The Hall–Kier alpha value is -2.68. The number of anilines is 2. The number of rotatable bonds is 11. The largest absolute Gasteiger partial charge is 0.481 e.